The lowest BCUT2D eigenvalue weighted by molar-refractivity contribution is -0.132. The van der Waals surface area contributed by atoms with Crippen molar-refractivity contribution >= 4 is 5.91 Å². The molecule has 6 nitrogen and oxygen atoms in total. The summed E-state index contributed by atoms with van der Waals surface area (Å²) in [6, 6.07) is 20.6. The number of benzene rings is 2. The van der Waals surface area contributed by atoms with E-state index in [9.17, 15) is 4.79 Å². The monoisotopic (exact) mass is 418 g/mol. The van der Waals surface area contributed by atoms with Gasteiger partial charge in [-0.1, -0.05) is 65.8 Å². The molecule has 1 aliphatic rings. The lowest BCUT2D eigenvalue weighted by Crippen LogP contribution is -2.38. The third-order valence-corrected chi connectivity index (χ3v) is 6.00. The van der Waals surface area contributed by atoms with Gasteiger partial charge < -0.3 is 14.7 Å². The third kappa shape index (κ3) is 5.20. The third-order valence-electron chi connectivity index (χ3n) is 6.00. The number of amides is 1. The van der Waals surface area contributed by atoms with Crippen LogP contribution in [0.3, 0.4) is 0 Å². The molecule has 1 aromatic heterocycles. The van der Waals surface area contributed by atoms with Crippen molar-refractivity contribution < 1.29 is 9.32 Å². The minimum absolute atomic E-state index is 0.0614. The maximum atomic E-state index is 12.4. The Kier molecular flexibility index (Phi) is 7.10. The van der Waals surface area contributed by atoms with Gasteiger partial charge in [0.15, 0.2) is 5.82 Å². The van der Waals surface area contributed by atoms with Gasteiger partial charge in [0.2, 0.25) is 11.8 Å². The molecule has 0 saturated carbocycles. The van der Waals surface area contributed by atoms with Gasteiger partial charge in [0.1, 0.15) is 0 Å². The Morgan fingerprint density at radius 1 is 1.06 bits per heavy atom. The molecule has 1 fully saturated rings. The van der Waals surface area contributed by atoms with Gasteiger partial charge in [-0.05, 0) is 44.0 Å². The molecule has 1 N–H and O–H groups in total. The van der Waals surface area contributed by atoms with Crippen molar-refractivity contribution in [2.45, 2.75) is 37.5 Å². The van der Waals surface area contributed by atoms with E-state index in [-0.39, 0.29) is 17.7 Å². The summed E-state index contributed by atoms with van der Waals surface area (Å²) in [6.07, 6.45) is 3.20. The number of hydrogen-bond donors (Lipinski definition) is 1. The Morgan fingerprint density at radius 3 is 2.26 bits per heavy atom. The lowest BCUT2D eigenvalue weighted by Gasteiger charge is -2.30. The van der Waals surface area contributed by atoms with Crippen molar-refractivity contribution in [1.29, 1.82) is 0 Å². The largest absolute Gasteiger partial charge is 0.343 e. The zero-order valence-corrected chi connectivity index (χ0v) is 18.0. The molecule has 6 heteroatoms. The first-order valence-corrected chi connectivity index (χ1v) is 11.1. The molecule has 0 unspecified atom stereocenters. The number of likely N-dealkylation sites (tertiary alicyclic amines) is 1. The number of piperidine rings is 1. The second-order valence-electron chi connectivity index (χ2n) is 8.11. The molecule has 2 heterocycles. The quantitative estimate of drug-likeness (QED) is 0.561. The van der Waals surface area contributed by atoms with Crippen molar-refractivity contribution in [1.82, 2.24) is 20.4 Å². The molecular weight excluding hydrogens is 388 g/mol. The average Bonchev–Trinajstić information content (AvgIpc) is 3.30. The zero-order chi connectivity index (χ0) is 21.5. The summed E-state index contributed by atoms with van der Waals surface area (Å²) in [6.45, 7) is 2.38. The normalized spacial score (nSPS) is 14.8. The SMILES string of the molecule is CNCCCC(=O)N1CCC(c2nc(C(c3ccccc3)c3ccccc3)no2)CC1. The Hall–Kier alpha value is -2.99. The van der Waals surface area contributed by atoms with Crippen LogP contribution in [0.25, 0.3) is 0 Å². The molecule has 2 aromatic carbocycles. The number of aromatic nitrogens is 2. The fourth-order valence-corrected chi connectivity index (χ4v) is 4.26. The molecule has 31 heavy (non-hydrogen) atoms. The van der Waals surface area contributed by atoms with Crippen LogP contribution in [-0.2, 0) is 4.79 Å². The van der Waals surface area contributed by atoms with Crippen molar-refractivity contribution in [3.63, 3.8) is 0 Å². The molecule has 0 atom stereocenters. The maximum absolute atomic E-state index is 12.4. The van der Waals surface area contributed by atoms with Crippen molar-refractivity contribution in [3.8, 4) is 0 Å². The van der Waals surface area contributed by atoms with Gasteiger partial charge in [-0.2, -0.15) is 4.98 Å². The number of nitrogens with zero attached hydrogens (tertiary/aromatic N) is 3. The minimum Gasteiger partial charge on any atom is -0.343 e. The number of carbonyl (C=O) groups is 1. The molecule has 0 bridgehead atoms. The average molecular weight is 419 g/mol. The van der Waals surface area contributed by atoms with E-state index in [0.717, 1.165) is 50.0 Å². The standard InChI is InChI=1S/C25H30N4O2/c1-26-16-8-13-22(30)29-17-14-21(15-18-29)25-27-24(28-31-25)23(19-9-4-2-5-10-19)20-11-6-3-7-12-20/h2-7,9-12,21,23,26H,8,13-18H2,1H3. The highest BCUT2D eigenvalue weighted by atomic mass is 16.5. The van der Waals surface area contributed by atoms with Crippen molar-refractivity contribution in [2.24, 2.45) is 0 Å². The van der Waals surface area contributed by atoms with Crippen LogP contribution in [0.15, 0.2) is 65.2 Å². The molecule has 1 amide bonds. The predicted octanol–water partition coefficient (Wildman–Crippen LogP) is 3.96. The summed E-state index contributed by atoms with van der Waals surface area (Å²) in [5.41, 5.74) is 2.28. The topological polar surface area (TPSA) is 71.3 Å². The fraction of sp³-hybridized carbons (Fsp3) is 0.400. The summed E-state index contributed by atoms with van der Waals surface area (Å²) in [4.78, 5) is 19.2. The van der Waals surface area contributed by atoms with Crippen LogP contribution >= 0.6 is 0 Å². The van der Waals surface area contributed by atoms with Crippen molar-refractivity contribution in [2.75, 3.05) is 26.7 Å². The fourth-order valence-electron chi connectivity index (χ4n) is 4.26. The van der Waals surface area contributed by atoms with Crippen LogP contribution in [0.1, 0.15) is 60.4 Å². The summed E-state index contributed by atoms with van der Waals surface area (Å²) < 4.78 is 5.73. The Bertz CT molecular complexity index is 910. The highest BCUT2D eigenvalue weighted by Crippen LogP contribution is 2.33. The second kappa shape index (κ2) is 10.4. The van der Waals surface area contributed by atoms with Gasteiger partial charge in [-0.15, -0.1) is 0 Å². The number of rotatable bonds is 8. The van der Waals surface area contributed by atoms with Gasteiger partial charge in [0.25, 0.3) is 0 Å². The van der Waals surface area contributed by atoms with Gasteiger partial charge >= 0.3 is 0 Å². The maximum Gasteiger partial charge on any atom is 0.229 e. The van der Waals surface area contributed by atoms with E-state index in [1.54, 1.807) is 0 Å². The first-order chi connectivity index (χ1) is 15.3. The molecule has 4 rings (SSSR count). The van der Waals surface area contributed by atoms with Gasteiger partial charge in [0.05, 0.1) is 5.92 Å². The van der Waals surface area contributed by atoms with E-state index in [1.807, 2.05) is 48.3 Å². The number of hydrogen-bond acceptors (Lipinski definition) is 5. The Balaban J connectivity index is 1.45. The van der Waals surface area contributed by atoms with Crippen LogP contribution in [0.2, 0.25) is 0 Å². The number of nitrogens with one attached hydrogen (secondary N) is 1. The Morgan fingerprint density at radius 2 is 1.68 bits per heavy atom. The van der Waals surface area contributed by atoms with E-state index in [4.69, 9.17) is 9.51 Å². The number of carbonyl (C=O) groups excluding carboxylic acids is 1. The van der Waals surface area contributed by atoms with Gasteiger partial charge in [-0.3, -0.25) is 4.79 Å². The van der Waals surface area contributed by atoms with Crippen LogP contribution in [-0.4, -0.2) is 47.6 Å². The summed E-state index contributed by atoms with van der Waals surface area (Å²) in [7, 11) is 1.91. The Labute approximate surface area is 183 Å². The second-order valence-corrected chi connectivity index (χ2v) is 8.11. The molecule has 0 spiro atoms. The van der Waals surface area contributed by atoms with Crippen LogP contribution in [0, 0.1) is 0 Å². The molecule has 1 aliphatic heterocycles. The molecule has 162 valence electrons. The first-order valence-electron chi connectivity index (χ1n) is 11.1. The van der Waals surface area contributed by atoms with Crippen LogP contribution in [0.4, 0.5) is 0 Å². The minimum atomic E-state index is -0.0614. The molecule has 0 radical (unpaired) electrons. The molecule has 0 aliphatic carbocycles. The van der Waals surface area contributed by atoms with Gasteiger partial charge in [-0.25, -0.2) is 0 Å². The van der Waals surface area contributed by atoms with E-state index in [2.05, 4.69) is 34.7 Å². The highest BCUT2D eigenvalue weighted by molar-refractivity contribution is 5.76. The first kappa shape index (κ1) is 21.2. The smallest absolute Gasteiger partial charge is 0.229 e. The highest BCUT2D eigenvalue weighted by Gasteiger charge is 2.29. The molecule has 1 saturated heterocycles. The summed E-state index contributed by atoms with van der Waals surface area (Å²) in [5.74, 6) is 1.77. The lowest BCUT2D eigenvalue weighted by atomic mass is 9.90. The van der Waals surface area contributed by atoms with Gasteiger partial charge in [0, 0.05) is 25.4 Å². The van der Waals surface area contributed by atoms with E-state index in [0.29, 0.717) is 18.1 Å². The molecule has 3 aromatic rings. The van der Waals surface area contributed by atoms with Crippen LogP contribution < -0.4 is 5.32 Å². The van der Waals surface area contributed by atoms with E-state index < -0.39 is 0 Å². The van der Waals surface area contributed by atoms with Crippen LogP contribution in [0.5, 0.6) is 0 Å². The summed E-state index contributed by atoms with van der Waals surface area (Å²) in [5, 5.41) is 7.47. The van der Waals surface area contributed by atoms with E-state index in [1.165, 1.54) is 0 Å². The summed E-state index contributed by atoms with van der Waals surface area (Å²) >= 11 is 0. The van der Waals surface area contributed by atoms with E-state index >= 15 is 0 Å². The predicted molar refractivity (Wildman–Crippen MR) is 120 cm³/mol. The molecular formula is C25H30N4O2. The zero-order valence-electron chi connectivity index (χ0n) is 18.0. The van der Waals surface area contributed by atoms with Crippen molar-refractivity contribution in [3.05, 3.63) is 83.5 Å².